The second-order valence-corrected chi connectivity index (χ2v) is 5.23. The van der Waals surface area contributed by atoms with E-state index in [0.717, 1.165) is 17.9 Å². The predicted octanol–water partition coefficient (Wildman–Crippen LogP) is 3.53. The molecule has 3 rings (SSSR count). The monoisotopic (exact) mass is 284 g/mol. The Morgan fingerprint density at radius 1 is 1.29 bits per heavy atom. The first-order valence-electron chi connectivity index (χ1n) is 6.88. The van der Waals surface area contributed by atoms with Crippen LogP contribution in [0.25, 0.3) is 0 Å². The van der Waals surface area contributed by atoms with Crippen molar-refractivity contribution in [1.29, 1.82) is 0 Å². The SMILES string of the molecule is C[C@@H]1Cc2cc(CNc3ccc([N+](=O)[O-])cc3)ccc2O1. The molecule has 0 amide bonds. The Balaban J connectivity index is 1.65. The molecule has 0 fully saturated rings. The van der Waals surface area contributed by atoms with Gasteiger partial charge in [-0.1, -0.05) is 12.1 Å². The fourth-order valence-corrected chi connectivity index (χ4v) is 2.49. The summed E-state index contributed by atoms with van der Waals surface area (Å²) in [5.74, 6) is 0.974. The molecule has 5 nitrogen and oxygen atoms in total. The molecule has 21 heavy (non-hydrogen) atoms. The minimum absolute atomic E-state index is 0.101. The van der Waals surface area contributed by atoms with Gasteiger partial charge >= 0.3 is 0 Å². The van der Waals surface area contributed by atoms with Crippen LogP contribution >= 0.6 is 0 Å². The molecule has 1 atom stereocenters. The first kappa shape index (κ1) is 13.4. The number of fused-ring (bicyclic) bond motifs is 1. The summed E-state index contributed by atoms with van der Waals surface area (Å²) in [6.45, 7) is 2.74. The van der Waals surface area contributed by atoms with E-state index in [1.54, 1.807) is 12.1 Å². The lowest BCUT2D eigenvalue weighted by Crippen LogP contribution is -2.05. The second kappa shape index (κ2) is 5.44. The second-order valence-electron chi connectivity index (χ2n) is 5.23. The molecule has 1 aliphatic rings. The zero-order valence-corrected chi connectivity index (χ0v) is 11.7. The van der Waals surface area contributed by atoms with E-state index in [9.17, 15) is 10.1 Å². The van der Waals surface area contributed by atoms with Gasteiger partial charge in [-0.15, -0.1) is 0 Å². The molecule has 0 aromatic heterocycles. The fourth-order valence-electron chi connectivity index (χ4n) is 2.49. The zero-order valence-electron chi connectivity index (χ0n) is 11.7. The fraction of sp³-hybridized carbons (Fsp3) is 0.250. The van der Waals surface area contributed by atoms with E-state index in [0.29, 0.717) is 6.54 Å². The van der Waals surface area contributed by atoms with Gasteiger partial charge in [0.2, 0.25) is 0 Å². The highest BCUT2D eigenvalue weighted by molar-refractivity contribution is 5.49. The van der Waals surface area contributed by atoms with Gasteiger partial charge < -0.3 is 10.1 Å². The van der Waals surface area contributed by atoms with Crippen molar-refractivity contribution in [2.75, 3.05) is 5.32 Å². The van der Waals surface area contributed by atoms with E-state index in [2.05, 4.69) is 18.3 Å². The number of hydrogen-bond donors (Lipinski definition) is 1. The van der Waals surface area contributed by atoms with Crippen molar-refractivity contribution in [3.8, 4) is 5.75 Å². The van der Waals surface area contributed by atoms with Crippen LogP contribution in [0.5, 0.6) is 5.75 Å². The molecule has 0 spiro atoms. The molecule has 1 N–H and O–H groups in total. The number of ether oxygens (including phenoxy) is 1. The van der Waals surface area contributed by atoms with Crippen LogP contribution in [-0.2, 0) is 13.0 Å². The topological polar surface area (TPSA) is 64.4 Å². The normalized spacial score (nSPS) is 16.1. The van der Waals surface area contributed by atoms with Crippen molar-refractivity contribution >= 4 is 11.4 Å². The first-order valence-corrected chi connectivity index (χ1v) is 6.88. The van der Waals surface area contributed by atoms with Gasteiger partial charge in [0.25, 0.3) is 5.69 Å². The van der Waals surface area contributed by atoms with Gasteiger partial charge in [0.15, 0.2) is 0 Å². The zero-order chi connectivity index (χ0) is 14.8. The summed E-state index contributed by atoms with van der Waals surface area (Å²) in [6.07, 6.45) is 1.19. The van der Waals surface area contributed by atoms with E-state index in [-0.39, 0.29) is 11.8 Å². The summed E-state index contributed by atoms with van der Waals surface area (Å²) < 4.78 is 5.68. The summed E-state index contributed by atoms with van der Waals surface area (Å²) >= 11 is 0. The third-order valence-electron chi connectivity index (χ3n) is 3.54. The third-order valence-corrected chi connectivity index (χ3v) is 3.54. The maximum Gasteiger partial charge on any atom is 0.269 e. The summed E-state index contributed by atoms with van der Waals surface area (Å²) in [4.78, 5) is 10.2. The van der Waals surface area contributed by atoms with E-state index in [4.69, 9.17) is 4.74 Å². The van der Waals surface area contributed by atoms with Crippen molar-refractivity contribution in [2.45, 2.75) is 26.0 Å². The third kappa shape index (κ3) is 2.97. The minimum atomic E-state index is -0.397. The number of nitro benzene ring substituents is 1. The average molecular weight is 284 g/mol. The molecular formula is C16H16N2O3. The Bertz CT molecular complexity index is 668. The molecular weight excluding hydrogens is 268 g/mol. The van der Waals surface area contributed by atoms with Gasteiger partial charge in [0, 0.05) is 30.8 Å². The number of non-ortho nitro benzene ring substituents is 1. The minimum Gasteiger partial charge on any atom is -0.490 e. The highest BCUT2D eigenvalue weighted by atomic mass is 16.6. The molecule has 108 valence electrons. The molecule has 0 aliphatic carbocycles. The van der Waals surface area contributed by atoms with Gasteiger partial charge in [-0.05, 0) is 36.2 Å². The van der Waals surface area contributed by atoms with E-state index < -0.39 is 4.92 Å². The molecule has 1 heterocycles. The molecule has 0 radical (unpaired) electrons. The maximum atomic E-state index is 10.6. The van der Waals surface area contributed by atoms with Gasteiger partial charge in [-0.2, -0.15) is 0 Å². The smallest absolute Gasteiger partial charge is 0.269 e. The van der Waals surface area contributed by atoms with Crippen LogP contribution < -0.4 is 10.1 Å². The number of nitrogens with zero attached hydrogens (tertiary/aromatic N) is 1. The van der Waals surface area contributed by atoms with Gasteiger partial charge in [0.1, 0.15) is 11.9 Å². The van der Waals surface area contributed by atoms with Crippen molar-refractivity contribution in [3.63, 3.8) is 0 Å². The first-order chi connectivity index (χ1) is 10.1. The maximum absolute atomic E-state index is 10.6. The predicted molar refractivity (Wildman–Crippen MR) is 80.7 cm³/mol. The molecule has 0 bridgehead atoms. The number of benzene rings is 2. The lowest BCUT2D eigenvalue weighted by molar-refractivity contribution is -0.384. The summed E-state index contributed by atoms with van der Waals surface area (Å²) in [5, 5.41) is 13.9. The molecule has 2 aromatic carbocycles. The van der Waals surface area contributed by atoms with Crippen LogP contribution in [-0.4, -0.2) is 11.0 Å². The lowest BCUT2D eigenvalue weighted by atomic mass is 10.1. The summed E-state index contributed by atoms with van der Waals surface area (Å²) in [5.41, 5.74) is 3.38. The number of rotatable bonds is 4. The van der Waals surface area contributed by atoms with Crippen LogP contribution in [0.1, 0.15) is 18.1 Å². The Hall–Kier alpha value is -2.56. The number of nitrogens with one attached hydrogen (secondary N) is 1. The Morgan fingerprint density at radius 3 is 2.76 bits per heavy atom. The van der Waals surface area contributed by atoms with Gasteiger partial charge in [0.05, 0.1) is 4.92 Å². The molecule has 0 unspecified atom stereocenters. The largest absolute Gasteiger partial charge is 0.490 e. The highest BCUT2D eigenvalue weighted by Crippen LogP contribution is 2.29. The Labute approximate surface area is 122 Å². The summed E-state index contributed by atoms with van der Waals surface area (Å²) in [7, 11) is 0. The number of hydrogen-bond acceptors (Lipinski definition) is 4. The van der Waals surface area contributed by atoms with Crippen molar-refractivity contribution in [3.05, 3.63) is 63.7 Å². The van der Waals surface area contributed by atoms with Crippen molar-refractivity contribution in [1.82, 2.24) is 0 Å². The molecule has 1 aliphatic heterocycles. The van der Waals surface area contributed by atoms with Crippen LogP contribution in [0.2, 0.25) is 0 Å². The molecule has 5 heteroatoms. The number of nitro groups is 1. The van der Waals surface area contributed by atoms with E-state index >= 15 is 0 Å². The van der Waals surface area contributed by atoms with Gasteiger partial charge in [-0.25, -0.2) is 0 Å². The highest BCUT2D eigenvalue weighted by Gasteiger charge is 2.18. The molecule has 0 saturated heterocycles. The van der Waals surface area contributed by atoms with Crippen LogP contribution in [0.4, 0.5) is 11.4 Å². The quantitative estimate of drug-likeness (QED) is 0.689. The summed E-state index contributed by atoms with van der Waals surface area (Å²) in [6, 6.07) is 12.6. The van der Waals surface area contributed by atoms with E-state index in [1.165, 1.54) is 23.3 Å². The Morgan fingerprint density at radius 2 is 2.05 bits per heavy atom. The molecule has 0 saturated carbocycles. The lowest BCUT2D eigenvalue weighted by Gasteiger charge is -2.07. The Kier molecular flexibility index (Phi) is 3.48. The van der Waals surface area contributed by atoms with E-state index in [1.807, 2.05) is 12.1 Å². The van der Waals surface area contributed by atoms with Crippen LogP contribution in [0.15, 0.2) is 42.5 Å². The molecule has 2 aromatic rings. The standard InChI is InChI=1S/C16H16N2O3/c1-11-8-13-9-12(2-7-16(13)21-11)10-17-14-3-5-15(6-4-14)18(19)20/h2-7,9,11,17H,8,10H2,1H3/t11-/m1/s1. The number of anilines is 1. The van der Waals surface area contributed by atoms with Crippen molar-refractivity contribution < 1.29 is 9.66 Å². The average Bonchev–Trinajstić information content (AvgIpc) is 2.84. The van der Waals surface area contributed by atoms with Gasteiger partial charge in [-0.3, -0.25) is 10.1 Å². The van der Waals surface area contributed by atoms with Crippen LogP contribution in [0.3, 0.4) is 0 Å². The van der Waals surface area contributed by atoms with Crippen LogP contribution in [0, 0.1) is 10.1 Å². The van der Waals surface area contributed by atoms with Crippen molar-refractivity contribution in [2.24, 2.45) is 0 Å².